The number of nitrogens with zero attached hydrogens (tertiary/aromatic N) is 3. The average Bonchev–Trinajstić information content (AvgIpc) is 2.70. The Balaban J connectivity index is 0.00000363. The fraction of sp³-hybridized carbons (Fsp3) is 0.478. The number of guanidine groups is 1. The van der Waals surface area contributed by atoms with Gasteiger partial charge < -0.3 is 15.0 Å². The predicted octanol–water partition coefficient (Wildman–Crippen LogP) is 4.08. The molecule has 176 valence electrons. The highest BCUT2D eigenvalue weighted by molar-refractivity contribution is 14.0. The van der Waals surface area contributed by atoms with E-state index in [1.807, 2.05) is 42.2 Å². The van der Waals surface area contributed by atoms with Crippen LogP contribution in [-0.4, -0.2) is 54.4 Å². The van der Waals surface area contributed by atoms with E-state index in [1.54, 1.807) is 20.0 Å². The maximum absolute atomic E-state index is 12.3. The van der Waals surface area contributed by atoms with E-state index in [9.17, 15) is 8.42 Å². The van der Waals surface area contributed by atoms with E-state index in [4.69, 9.17) is 9.73 Å². The third kappa shape index (κ3) is 6.34. The lowest BCUT2D eigenvalue weighted by molar-refractivity contribution is 0.353. The molecule has 0 aliphatic carbocycles. The van der Waals surface area contributed by atoms with Gasteiger partial charge in [0.05, 0.1) is 17.0 Å². The molecule has 0 radical (unpaired) electrons. The monoisotopic (exact) mass is 572 g/mol. The molecular weight excluding hydrogens is 539 g/mol. The van der Waals surface area contributed by atoms with Gasteiger partial charge in [-0.15, -0.1) is 24.0 Å². The van der Waals surface area contributed by atoms with Gasteiger partial charge in [-0.1, -0.05) is 6.07 Å². The first kappa shape index (κ1) is 26.4. The SMILES string of the molecule is CCNC(=NCc1ccnc(Oc2ccc(C)c(C)c2)c1)N1CCS(=O)(=O)C(C)(C)C1.I. The van der Waals surface area contributed by atoms with Crippen molar-refractivity contribution in [2.75, 3.05) is 25.4 Å². The molecule has 2 aromatic rings. The molecule has 32 heavy (non-hydrogen) atoms. The summed E-state index contributed by atoms with van der Waals surface area (Å²) < 4.78 is 29.8. The van der Waals surface area contributed by atoms with Gasteiger partial charge in [-0.25, -0.2) is 18.4 Å². The summed E-state index contributed by atoms with van der Waals surface area (Å²) in [6.45, 7) is 11.7. The minimum Gasteiger partial charge on any atom is -0.439 e. The lowest BCUT2D eigenvalue weighted by Crippen LogP contribution is -2.57. The fourth-order valence-electron chi connectivity index (χ4n) is 3.42. The lowest BCUT2D eigenvalue weighted by Gasteiger charge is -2.39. The molecule has 0 bridgehead atoms. The molecule has 0 spiro atoms. The molecule has 7 nitrogen and oxygen atoms in total. The molecule has 3 rings (SSSR count). The molecule has 1 aliphatic heterocycles. The Labute approximate surface area is 208 Å². The van der Waals surface area contributed by atoms with E-state index in [2.05, 4.69) is 24.1 Å². The van der Waals surface area contributed by atoms with Crippen LogP contribution in [0.3, 0.4) is 0 Å². The number of pyridine rings is 1. The van der Waals surface area contributed by atoms with E-state index in [-0.39, 0.29) is 29.7 Å². The number of ether oxygens (including phenoxy) is 1. The maximum Gasteiger partial charge on any atom is 0.219 e. The summed E-state index contributed by atoms with van der Waals surface area (Å²) >= 11 is 0. The molecule has 0 unspecified atom stereocenters. The Morgan fingerprint density at radius 2 is 1.97 bits per heavy atom. The van der Waals surface area contributed by atoms with Crippen molar-refractivity contribution >= 4 is 39.8 Å². The average molecular weight is 573 g/mol. The molecule has 1 aliphatic rings. The predicted molar refractivity (Wildman–Crippen MR) is 140 cm³/mol. The molecule has 1 fully saturated rings. The van der Waals surface area contributed by atoms with Gasteiger partial charge in [0.1, 0.15) is 5.75 Å². The van der Waals surface area contributed by atoms with E-state index >= 15 is 0 Å². The Bertz CT molecular complexity index is 1070. The number of sulfone groups is 1. The van der Waals surface area contributed by atoms with Crippen molar-refractivity contribution in [2.24, 2.45) is 4.99 Å². The second-order valence-electron chi connectivity index (χ2n) is 8.52. The maximum atomic E-state index is 12.3. The zero-order chi connectivity index (χ0) is 22.6. The van der Waals surface area contributed by atoms with Crippen LogP contribution in [0, 0.1) is 13.8 Å². The van der Waals surface area contributed by atoms with Crippen molar-refractivity contribution in [3.8, 4) is 11.6 Å². The Morgan fingerprint density at radius 1 is 1.22 bits per heavy atom. The number of rotatable bonds is 5. The van der Waals surface area contributed by atoms with Crippen LogP contribution >= 0.6 is 24.0 Å². The largest absolute Gasteiger partial charge is 0.439 e. The van der Waals surface area contributed by atoms with Gasteiger partial charge in [0.25, 0.3) is 0 Å². The van der Waals surface area contributed by atoms with Crippen molar-refractivity contribution in [1.82, 2.24) is 15.2 Å². The second kappa shape index (κ2) is 10.8. The van der Waals surface area contributed by atoms with Crippen LogP contribution in [0.1, 0.15) is 37.5 Å². The Hall–Kier alpha value is -1.88. The number of benzene rings is 1. The Morgan fingerprint density at radius 3 is 2.62 bits per heavy atom. The highest BCUT2D eigenvalue weighted by Crippen LogP contribution is 2.25. The van der Waals surface area contributed by atoms with E-state index in [0.29, 0.717) is 32.1 Å². The Kier molecular flexibility index (Phi) is 8.92. The highest BCUT2D eigenvalue weighted by Gasteiger charge is 2.40. The van der Waals surface area contributed by atoms with Crippen LogP contribution in [0.25, 0.3) is 0 Å². The van der Waals surface area contributed by atoms with Crippen LogP contribution < -0.4 is 10.1 Å². The molecule has 2 heterocycles. The van der Waals surface area contributed by atoms with Gasteiger partial charge in [-0.05, 0) is 69.5 Å². The molecule has 0 atom stereocenters. The zero-order valence-electron chi connectivity index (χ0n) is 19.4. The quantitative estimate of drug-likeness (QED) is 0.330. The summed E-state index contributed by atoms with van der Waals surface area (Å²) in [7, 11) is -3.10. The van der Waals surface area contributed by atoms with Crippen molar-refractivity contribution in [2.45, 2.75) is 45.9 Å². The topological polar surface area (TPSA) is 83.9 Å². The fourth-order valence-corrected chi connectivity index (χ4v) is 4.79. The minimum atomic E-state index is -3.10. The van der Waals surface area contributed by atoms with E-state index in [0.717, 1.165) is 17.3 Å². The van der Waals surface area contributed by atoms with Crippen molar-refractivity contribution < 1.29 is 13.2 Å². The minimum absolute atomic E-state index is 0. The molecule has 9 heteroatoms. The molecule has 0 saturated carbocycles. The number of aliphatic imine (C=N–C) groups is 1. The molecule has 1 saturated heterocycles. The number of hydrogen-bond donors (Lipinski definition) is 1. The van der Waals surface area contributed by atoms with Gasteiger partial charge in [-0.2, -0.15) is 0 Å². The van der Waals surface area contributed by atoms with Crippen molar-refractivity contribution in [1.29, 1.82) is 0 Å². The van der Waals surface area contributed by atoms with Crippen LogP contribution in [0.5, 0.6) is 11.6 Å². The third-order valence-corrected chi connectivity index (χ3v) is 8.12. The standard InChI is InChI=1S/C23H32N4O3S.HI/c1-6-24-22(27-11-12-31(28,29)23(4,5)16-27)26-15-19-9-10-25-21(14-19)30-20-8-7-17(2)18(3)13-20;/h7-10,13-14H,6,11-12,15-16H2,1-5H3,(H,24,26);1H. The number of nitrogens with one attached hydrogen (secondary N) is 1. The molecule has 1 aromatic carbocycles. The summed E-state index contributed by atoms with van der Waals surface area (Å²) in [4.78, 5) is 11.1. The first-order valence-corrected chi connectivity index (χ1v) is 12.2. The highest BCUT2D eigenvalue weighted by atomic mass is 127. The van der Waals surface area contributed by atoms with Crippen LogP contribution in [0.4, 0.5) is 0 Å². The van der Waals surface area contributed by atoms with Crippen LogP contribution in [-0.2, 0) is 16.4 Å². The van der Waals surface area contributed by atoms with Gasteiger partial charge in [-0.3, -0.25) is 0 Å². The molecule has 0 amide bonds. The zero-order valence-corrected chi connectivity index (χ0v) is 22.5. The van der Waals surface area contributed by atoms with Gasteiger partial charge >= 0.3 is 0 Å². The van der Waals surface area contributed by atoms with Gasteiger partial charge in [0.15, 0.2) is 15.8 Å². The smallest absolute Gasteiger partial charge is 0.219 e. The molecule has 1 aromatic heterocycles. The van der Waals surface area contributed by atoms with E-state index < -0.39 is 14.6 Å². The second-order valence-corrected chi connectivity index (χ2v) is 11.3. The summed E-state index contributed by atoms with van der Waals surface area (Å²) in [6.07, 6.45) is 1.71. The number of aromatic nitrogens is 1. The van der Waals surface area contributed by atoms with Crippen LogP contribution in [0.15, 0.2) is 41.5 Å². The molecular formula is C23H33IN4O3S. The summed E-state index contributed by atoms with van der Waals surface area (Å²) in [5.41, 5.74) is 3.35. The normalized spacial score (nSPS) is 17.4. The lowest BCUT2D eigenvalue weighted by atomic mass is 10.1. The summed E-state index contributed by atoms with van der Waals surface area (Å²) in [5.74, 6) is 2.12. The van der Waals surface area contributed by atoms with Crippen LogP contribution in [0.2, 0.25) is 0 Å². The number of hydrogen-bond acceptors (Lipinski definition) is 5. The first-order valence-electron chi connectivity index (χ1n) is 10.6. The summed E-state index contributed by atoms with van der Waals surface area (Å²) in [6, 6.07) is 9.75. The number of aryl methyl sites for hydroxylation is 2. The third-order valence-electron chi connectivity index (χ3n) is 5.59. The van der Waals surface area contributed by atoms with Gasteiger partial charge in [0.2, 0.25) is 5.88 Å². The van der Waals surface area contributed by atoms with Gasteiger partial charge in [0, 0.05) is 31.9 Å². The number of halogens is 1. The summed E-state index contributed by atoms with van der Waals surface area (Å²) in [5, 5.41) is 3.29. The van der Waals surface area contributed by atoms with Crippen molar-refractivity contribution in [3.05, 3.63) is 53.2 Å². The first-order chi connectivity index (χ1) is 14.6. The molecule has 1 N–H and O–H groups in total. The van der Waals surface area contributed by atoms with Crippen molar-refractivity contribution in [3.63, 3.8) is 0 Å². The van der Waals surface area contributed by atoms with E-state index in [1.165, 1.54) is 11.1 Å².